The van der Waals surface area contributed by atoms with Gasteiger partial charge in [-0.2, -0.15) is 5.10 Å². The summed E-state index contributed by atoms with van der Waals surface area (Å²) in [6.45, 7) is 0. The van der Waals surface area contributed by atoms with E-state index in [-0.39, 0.29) is 0 Å². The number of hydrogen-bond donors (Lipinski definition) is 2. The zero-order valence-electron chi connectivity index (χ0n) is 9.95. The summed E-state index contributed by atoms with van der Waals surface area (Å²) in [5, 5.41) is 4.07. The van der Waals surface area contributed by atoms with E-state index in [1.165, 1.54) is 6.39 Å². The number of hydrogen-bond acceptors (Lipinski definition) is 5. The van der Waals surface area contributed by atoms with Gasteiger partial charge in [0.1, 0.15) is 5.82 Å². The Bertz CT molecular complexity index is 641. The number of nitrogens with zero attached hydrogens (tertiary/aromatic N) is 3. The third-order valence-electron chi connectivity index (χ3n) is 2.50. The number of benzene rings is 1. The Morgan fingerprint density at radius 1 is 1.26 bits per heavy atom. The van der Waals surface area contributed by atoms with Gasteiger partial charge in [-0.1, -0.05) is 0 Å². The van der Waals surface area contributed by atoms with Gasteiger partial charge in [0.15, 0.2) is 12.2 Å². The minimum absolute atomic E-state index is 0.700. The molecule has 0 amide bonds. The average Bonchev–Trinajstić information content (AvgIpc) is 3.13. The number of anilines is 1. The SMILES string of the molecule is C(=NNc1ccc(-c2cnco2)cc1)c1ncc[nH]1. The van der Waals surface area contributed by atoms with E-state index >= 15 is 0 Å². The standard InChI is InChI=1S/C13H11N5O/c1-3-11(18-17-8-13-15-5-6-16-13)4-2-10(1)12-7-14-9-19-12/h1-9,18H,(H,15,16). The largest absolute Gasteiger partial charge is 0.444 e. The lowest BCUT2D eigenvalue weighted by molar-refractivity contribution is 0.572. The highest BCUT2D eigenvalue weighted by molar-refractivity contribution is 5.75. The molecule has 0 aliphatic carbocycles. The molecule has 0 fully saturated rings. The van der Waals surface area contributed by atoms with E-state index in [4.69, 9.17) is 4.42 Å². The molecule has 2 aromatic heterocycles. The molecule has 0 bridgehead atoms. The fourth-order valence-electron chi connectivity index (χ4n) is 1.58. The average molecular weight is 253 g/mol. The van der Waals surface area contributed by atoms with Crippen LogP contribution in [0.25, 0.3) is 11.3 Å². The van der Waals surface area contributed by atoms with E-state index < -0.39 is 0 Å². The second kappa shape index (κ2) is 5.18. The molecule has 0 aliphatic heterocycles. The first-order valence-corrected chi connectivity index (χ1v) is 5.69. The molecule has 0 aliphatic rings. The Morgan fingerprint density at radius 2 is 2.16 bits per heavy atom. The molecule has 2 N–H and O–H groups in total. The van der Waals surface area contributed by atoms with Crippen molar-refractivity contribution in [2.75, 3.05) is 5.43 Å². The fraction of sp³-hybridized carbons (Fsp3) is 0. The van der Waals surface area contributed by atoms with Gasteiger partial charge in [0, 0.05) is 18.0 Å². The summed E-state index contributed by atoms with van der Waals surface area (Å²) in [5.41, 5.74) is 4.77. The molecule has 0 spiro atoms. The molecule has 6 nitrogen and oxygen atoms in total. The van der Waals surface area contributed by atoms with E-state index in [1.807, 2.05) is 24.3 Å². The number of aromatic nitrogens is 3. The smallest absolute Gasteiger partial charge is 0.181 e. The normalized spacial score (nSPS) is 10.9. The molecule has 1 aromatic carbocycles. The highest BCUT2D eigenvalue weighted by Crippen LogP contribution is 2.20. The van der Waals surface area contributed by atoms with Crippen LogP contribution in [-0.2, 0) is 0 Å². The molecule has 94 valence electrons. The lowest BCUT2D eigenvalue weighted by Crippen LogP contribution is -1.91. The van der Waals surface area contributed by atoms with Crippen LogP contribution in [0, 0.1) is 0 Å². The predicted molar refractivity (Wildman–Crippen MR) is 71.7 cm³/mol. The molecule has 3 aromatic rings. The van der Waals surface area contributed by atoms with Crippen LogP contribution in [-0.4, -0.2) is 21.2 Å². The van der Waals surface area contributed by atoms with E-state index in [0.717, 1.165) is 17.0 Å². The van der Waals surface area contributed by atoms with Crippen LogP contribution in [0.1, 0.15) is 5.82 Å². The van der Waals surface area contributed by atoms with Crippen molar-refractivity contribution in [3.05, 3.63) is 55.1 Å². The topological polar surface area (TPSA) is 79.1 Å². The summed E-state index contributed by atoms with van der Waals surface area (Å²) < 4.78 is 5.22. The van der Waals surface area contributed by atoms with Crippen molar-refractivity contribution < 1.29 is 4.42 Å². The highest BCUT2D eigenvalue weighted by atomic mass is 16.3. The first kappa shape index (κ1) is 11.2. The maximum absolute atomic E-state index is 5.22. The lowest BCUT2D eigenvalue weighted by Gasteiger charge is -2.00. The zero-order chi connectivity index (χ0) is 12.9. The third-order valence-corrected chi connectivity index (χ3v) is 2.50. The molecule has 3 rings (SSSR count). The predicted octanol–water partition coefficient (Wildman–Crippen LogP) is 2.51. The number of rotatable bonds is 4. The first-order chi connectivity index (χ1) is 9.42. The van der Waals surface area contributed by atoms with Crippen LogP contribution in [0.15, 0.2) is 58.8 Å². The number of oxazole rings is 1. The molecular weight excluding hydrogens is 242 g/mol. The minimum atomic E-state index is 0.700. The Balaban J connectivity index is 1.66. The van der Waals surface area contributed by atoms with Crippen LogP contribution in [0.2, 0.25) is 0 Å². The maximum Gasteiger partial charge on any atom is 0.181 e. The Labute approximate surface area is 109 Å². The minimum Gasteiger partial charge on any atom is -0.444 e. The van der Waals surface area contributed by atoms with Gasteiger partial charge in [0.05, 0.1) is 18.1 Å². The van der Waals surface area contributed by atoms with Gasteiger partial charge < -0.3 is 9.40 Å². The Morgan fingerprint density at radius 3 is 2.84 bits per heavy atom. The van der Waals surface area contributed by atoms with Crippen molar-refractivity contribution in [2.45, 2.75) is 0 Å². The quantitative estimate of drug-likeness (QED) is 0.553. The van der Waals surface area contributed by atoms with E-state index in [9.17, 15) is 0 Å². The van der Waals surface area contributed by atoms with E-state index in [2.05, 4.69) is 25.5 Å². The first-order valence-electron chi connectivity index (χ1n) is 5.69. The van der Waals surface area contributed by atoms with Crippen LogP contribution in [0.4, 0.5) is 5.69 Å². The number of imidazole rings is 1. The van der Waals surface area contributed by atoms with Crippen LogP contribution < -0.4 is 5.43 Å². The summed E-state index contributed by atoms with van der Waals surface area (Å²) in [5.74, 6) is 1.44. The van der Waals surface area contributed by atoms with Crippen LogP contribution in [0.5, 0.6) is 0 Å². The molecule has 0 saturated carbocycles. The second-order valence-electron chi connectivity index (χ2n) is 3.79. The van der Waals surface area contributed by atoms with Crippen molar-refractivity contribution in [3.63, 3.8) is 0 Å². The van der Waals surface area contributed by atoms with Crippen molar-refractivity contribution in [1.82, 2.24) is 15.0 Å². The van der Waals surface area contributed by atoms with Gasteiger partial charge in [0.2, 0.25) is 0 Å². The van der Waals surface area contributed by atoms with E-state index in [0.29, 0.717) is 5.82 Å². The van der Waals surface area contributed by atoms with Gasteiger partial charge in [-0.25, -0.2) is 9.97 Å². The Kier molecular flexibility index (Phi) is 3.05. The monoisotopic (exact) mass is 253 g/mol. The summed E-state index contributed by atoms with van der Waals surface area (Å²) in [7, 11) is 0. The van der Waals surface area contributed by atoms with Gasteiger partial charge in [0.25, 0.3) is 0 Å². The summed E-state index contributed by atoms with van der Waals surface area (Å²) in [6, 6.07) is 7.70. The molecule has 19 heavy (non-hydrogen) atoms. The molecule has 0 radical (unpaired) electrons. The van der Waals surface area contributed by atoms with Gasteiger partial charge in [-0.3, -0.25) is 5.43 Å². The van der Waals surface area contributed by atoms with E-state index in [1.54, 1.807) is 24.8 Å². The van der Waals surface area contributed by atoms with Gasteiger partial charge >= 0.3 is 0 Å². The second-order valence-corrected chi connectivity index (χ2v) is 3.79. The maximum atomic E-state index is 5.22. The molecule has 0 unspecified atom stereocenters. The lowest BCUT2D eigenvalue weighted by atomic mass is 10.2. The summed E-state index contributed by atoms with van der Waals surface area (Å²) >= 11 is 0. The van der Waals surface area contributed by atoms with Crippen LogP contribution >= 0.6 is 0 Å². The summed E-state index contributed by atoms with van der Waals surface area (Å²) in [4.78, 5) is 10.8. The third kappa shape index (κ3) is 2.68. The molecule has 0 atom stereocenters. The Hall–Kier alpha value is -2.89. The van der Waals surface area contributed by atoms with Crippen molar-refractivity contribution in [3.8, 4) is 11.3 Å². The molecule has 0 saturated heterocycles. The number of nitrogens with one attached hydrogen (secondary N) is 2. The van der Waals surface area contributed by atoms with Crippen molar-refractivity contribution in [2.24, 2.45) is 5.10 Å². The van der Waals surface area contributed by atoms with Crippen LogP contribution in [0.3, 0.4) is 0 Å². The van der Waals surface area contributed by atoms with Crippen molar-refractivity contribution in [1.29, 1.82) is 0 Å². The van der Waals surface area contributed by atoms with Gasteiger partial charge in [-0.05, 0) is 24.3 Å². The number of aromatic amines is 1. The molecule has 2 heterocycles. The number of hydrazone groups is 1. The highest BCUT2D eigenvalue weighted by Gasteiger charge is 2.00. The molecular formula is C13H11N5O. The molecule has 6 heteroatoms. The van der Waals surface area contributed by atoms with Gasteiger partial charge in [-0.15, -0.1) is 0 Å². The summed E-state index contributed by atoms with van der Waals surface area (Å²) in [6.07, 6.45) is 8.12. The zero-order valence-corrected chi connectivity index (χ0v) is 9.95. The fourth-order valence-corrected chi connectivity index (χ4v) is 1.58. The number of H-pyrrole nitrogens is 1. The van der Waals surface area contributed by atoms with Crippen molar-refractivity contribution >= 4 is 11.9 Å².